The number of anilines is 3. The molecule has 0 spiro atoms. The first kappa shape index (κ1) is 19.7. The molecule has 0 unspecified atom stereocenters. The molecule has 7 nitrogen and oxygen atoms in total. The zero-order valence-corrected chi connectivity index (χ0v) is 17.2. The molecule has 154 valence electrons. The summed E-state index contributed by atoms with van der Waals surface area (Å²) < 4.78 is 5.38. The van der Waals surface area contributed by atoms with E-state index in [4.69, 9.17) is 10.5 Å². The van der Waals surface area contributed by atoms with Gasteiger partial charge < -0.3 is 21.1 Å². The smallest absolute Gasteiger partial charge is 0.262 e. The van der Waals surface area contributed by atoms with Gasteiger partial charge in [-0.05, 0) is 62.1 Å². The van der Waals surface area contributed by atoms with Gasteiger partial charge in [0.15, 0.2) is 6.61 Å². The number of carbonyl (C=O) groups excluding carboxylic acids is 1. The first-order valence-corrected chi connectivity index (χ1v) is 10.0. The van der Waals surface area contributed by atoms with Gasteiger partial charge in [-0.1, -0.05) is 18.2 Å². The van der Waals surface area contributed by atoms with Gasteiger partial charge in [-0.15, -0.1) is 0 Å². The van der Waals surface area contributed by atoms with Gasteiger partial charge in [0.2, 0.25) is 5.95 Å². The Morgan fingerprint density at radius 3 is 2.90 bits per heavy atom. The van der Waals surface area contributed by atoms with E-state index in [2.05, 4.69) is 46.6 Å². The molecule has 1 aliphatic heterocycles. The van der Waals surface area contributed by atoms with E-state index in [1.807, 2.05) is 30.3 Å². The minimum Gasteiger partial charge on any atom is -0.482 e. The standard InChI is InChI=1S/C23H25N5O2/c1-14-5-3-7-18(15(14)2)19-12-17(26-23(24)28-19)6-4-10-25-16-8-9-21-20(11-16)27-22(29)13-30-21/h3,5,7-9,11-12,25H,4,6,10,13H2,1-2H3,(H,27,29)(H2,24,26,28). The Balaban J connectivity index is 1.39. The summed E-state index contributed by atoms with van der Waals surface area (Å²) in [5, 5.41) is 6.19. The summed E-state index contributed by atoms with van der Waals surface area (Å²) in [6, 6.07) is 13.9. The summed E-state index contributed by atoms with van der Waals surface area (Å²) in [7, 11) is 0. The number of nitrogens with zero attached hydrogens (tertiary/aromatic N) is 2. The van der Waals surface area contributed by atoms with Crippen LogP contribution in [0, 0.1) is 13.8 Å². The van der Waals surface area contributed by atoms with E-state index in [0.29, 0.717) is 17.4 Å². The van der Waals surface area contributed by atoms with Crippen LogP contribution in [0.2, 0.25) is 0 Å². The Labute approximate surface area is 175 Å². The third kappa shape index (κ3) is 4.35. The molecule has 0 atom stereocenters. The predicted molar refractivity (Wildman–Crippen MR) is 119 cm³/mol. The van der Waals surface area contributed by atoms with Crippen LogP contribution < -0.4 is 21.1 Å². The number of nitrogens with one attached hydrogen (secondary N) is 2. The largest absolute Gasteiger partial charge is 0.482 e. The number of rotatable bonds is 6. The van der Waals surface area contributed by atoms with Crippen molar-refractivity contribution in [3.63, 3.8) is 0 Å². The van der Waals surface area contributed by atoms with E-state index < -0.39 is 0 Å². The molecule has 1 aliphatic rings. The lowest BCUT2D eigenvalue weighted by Gasteiger charge is -2.18. The van der Waals surface area contributed by atoms with Gasteiger partial charge in [0.05, 0.1) is 11.4 Å². The number of fused-ring (bicyclic) bond motifs is 1. The van der Waals surface area contributed by atoms with Crippen molar-refractivity contribution < 1.29 is 9.53 Å². The zero-order chi connectivity index (χ0) is 21.1. The van der Waals surface area contributed by atoms with Crippen molar-refractivity contribution >= 4 is 23.2 Å². The van der Waals surface area contributed by atoms with Crippen molar-refractivity contribution in [1.82, 2.24) is 9.97 Å². The number of aryl methyl sites for hydroxylation is 2. The third-order valence-electron chi connectivity index (χ3n) is 5.23. The van der Waals surface area contributed by atoms with E-state index in [1.165, 1.54) is 11.1 Å². The maximum absolute atomic E-state index is 11.5. The third-order valence-corrected chi connectivity index (χ3v) is 5.23. The molecule has 7 heteroatoms. The first-order valence-electron chi connectivity index (χ1n) is 10.0. The fourth-order valence-electron chi connectivity index (χ4n) is 3.51. The lowest BCUT2D eigenvalue weighted by molar-refractivity contribution is -0.118. The van der Waals surface area contributed by atoms with Crippen molar-refractivity contribution in [3.05, 3.63) is 59.3 Å². The molecule has 4 N–H and O–H groups in total. The Morgan fingerprint density at radius 2 is 2.03 bits per heavy atom. The van der Waals surface area contributed by atoms with Gasteiger partial charge in [0, 0.05) is 23.5 Å². The Bertz CT molecular complexity index is 1100. The number of nitrogen functional groups attached to an aromatic ring is 1. The van der Waals surface area contributed by atoms with Gasteiger partial charge >= 0.3 is 0 Å². The van der Waals surface area contributed by atoms with Crippen LogP contribution in [0.25, 0.3) is 11.3 Å². The van der Waals surface area contributed by atoms with Crippen LogP contribution in [-0.4, -0.2) is 29.0 Å². The lowest BCUT2D eigenvalue weighted by atomic mass is 10.00. The number of aromatic nitrogens is 2. The molecule has 1 amide bonds. The SMILES string of the molecule is Cc1cccc(-c2cc(CCCNc3ccc4c(c3)NC(=O)CO4)nc(N)n2)c1C. The van der Waals surface area contributed by atoms with Crippen LogP contribution in [0.15, 0.2) is 42.5 Å². The maximum atomic E-state index is 11.5. The summed E-state index contributed by atoms with van der Waals surface area (Å²) >= 11 is 0. The number of nitrogens with two attached hydrogens (primary N) is 1. The molecule has 30 heavy (non-hydrogen) atoms. The van der Waals surface area contributed by atoms with Crippen LogP contribution in [0.5, 0.6) is 5.75 Å². The summed E-state index contributed by atoms with van der Waals surface area (Å²) in [4.78, 5) is 20.3. The van der Waals surface area contributed by atoms with Gasteiger partial charge in [0.1, 0.15) is 5.75 Å². The summed E-state index contributed by atoms with van der Waals surface area (Å²) in [5.41, 5.74) is 12.9. The average Bonchev–Trinajstić information content (AvgIpc) is 2.72. The van der Waals surface area contributed by atoms with Gasteiger partial charge in [-0.2, -0.15) is 0 Å². The fraction of sp³-hybridized carbons (Fsp3) is 0.261. The minimum absolute atomic E-state index is 0.0614. The van der Waals surface area contributed by atoms with Crippen LogP contribution in [0.3, 0.4) is 0 Å². The van der Waals surface area contributed by atoms with Crippen LogP contribution in [0.1, 0.15) is 23.2 Å². The number of amides is 1. The highest BCUT2D eigenvalue weighted by atomic mass is 16.5. The molecule has 4 rings (SSSR count). The molecule has 2 heterocycles. The monoisotopic (exact) mass is 403 g/mol. The van der Waals surface area contributed by atoms with E-state index in [0.717, 1.165) is 42.0 Å². The highest BCUT2D eigenvalue weighted by Gasteiger charge is 2.15. The quantitative estimate of drug-likeness (QED) is 0.542. The average molecular weight is 403 g/mol. The van der Waals surface area contributed by atoms with Gasteiger partial charge in [-0.25, -0.2) is 9.97 Å². The number of ether oxygens (including phenoxy) is 1. The van der Waals surface area contributed by atoms with Crippen molar-refractivity contribution in [2.45, 2.75) is 26.7 Å². The van der Waals surface area contributed by atoms with E-state index in [9.17, 15) is 4.79 Å². The summed E-state index contributed by atoms with van der Waals surface area (Å²) in [5.74, 6) is 0.845. The first-order chi connectivity index (χ1) is 14.5. The highest BCUT2D eigenvalue weighted by Crippen LogP contribution is 2.30. The molecule has 0 saturated heterocycles. The number of hydrogen-bond donors (Lipinski definition) is 3. The van der Waals surface area contributed by atoms with Crippen molar-refractivity contribution in [3.8, 4) is 17.0 Å². The second-order valence-corrected chi connectivity index (χ2v) is 7.43. The molecule has 0 bridgehead atoms. The topological polar surface area (TPSA) is 102 Å². The number of carbonyl (C=O) groups is 1. The summed E-state index contributed by atoms with van der Waals surface area (Å²) in [6.45, 7) is 5.01. The molecule has 0 saturated carbocycles. The molecule has 0 fully saturated rings. The maximum Gasteiger partial charge on any atom is 0.262 e. The summed E-state index contributed by atoms with van der Waals surface area (Å²) in [6.07, 6.45) is 1.66. The number of benzene rings is 2. The Hall–Kier alpha value is -3.61. The van der Waals surface area contributed by atoms with Crippen LogP contribution in [0.4, 0.5) is 17.3 Å². The Kier molecular flexibility index (Phi) is 5.52. The van der Waals surface area contributed by atoms with Crippen molar-refractivity contribution in [2.75, 3.05) is 29.5 Å². The van der Waals surface area contributed by atoms with Gasteiger partial charge in [0.25, 0.3) is 5.91 Å². The minimum atomic E-state index is -0.138. The van der Waals surface area contributed by atoms with E-state index in [-0.39, 0.29) is 12.5 Å². The molecular formula is C23H25N5O2. The molecule has 0 radical (unpaired) electrons. The Morgan fingerprint density at radius 1 is 1.17 bits per heavy atom. The highest BCUT2D eigenvalue weighted by molar-refractivity contribution is 5.96. The second-order valence-electron chi connectivity index (χ2n) is 7.43. The zero-order valence-electron chi connectivity index (χ0n) is 17.2. The van der Waals surface area contributed by atoms with Crippen LogP contribution >= 0.6 is 0 Å². The van der Waals surface area contributed by atoms with Crippen molar-refractivity contribution in [2.24, 2.45) is 0 Å². The van der Waals surface area contributed by atoms with Gasteiger partial charge in [-0.3, -0.25) is 4.79 Å². The van der Waals surface area contributed by atoms with E-state index in [1.54, 1.807) is 0 Å². The molecule has 1 aromatic heterocycles. The fourth-order valence-corrected chi connectivity index (χ4v) is 3.51. The molecule has 3 aromatic rings. The van der Waals surface area contributed by atoms with Crippen LogP contribution in [-0.2, 0) is 11.2 Å². The predicted octanol–water partition coefficient (Wildman–Crippen LogP) is 3.72. The number of hydrogen-bond acceptors (Lipinski definition) is 6. The normalized spacial score (nSPS) is 12.7. The molecule has 0 aliphatic carbocycles. The molecular weight excluding hydrogens is 378 g/mol. The lowest BCUT2D eigenvalue weighted by Crippen LogP contribution is -2.25. The van der Waals surface area contributed by atoms with E-state index >= 15 is 0 Å². The van der Waals surface area contributed by atoms with Crippen molar-refractivity contribution in [1.29, 1.82) is 0 Å². The molecule has 2 aromatic carbocycles. The second kappa shape index (κ2) is 8.41.